The van der Waals surface area contributed by atoms with Gasteiger partial charge in [0.2, 0.25) is 0 Å². The molecule has 2 N–H and O–H groups in total. The third-order valence-corrected chi connectivity index (χ3v) is 5.09. The molecule has 0 aliphatic heterocycles. The van der Waals surface area contributed by atoms with Gasteiger partial charge < -0.3 is 0 Å². The second-order valence-corrected chi connectivity index (χ2v) is 7.33. The van der Waals surface area contributed by atoms with Crippen LogP contribution in [0.3, 0.4) is 0 Å². The summed E-state index contributed by atoms with van der Waals surface area (Å²) in [5, 5.41) is 8.86. The predicted octanol–water partition coefficient (Wildman–Crippen LogP) is 2.85. The Balaban J connectivity index is 1.75. The summed E-state index contributed by atoms with van der Waals surface area (Å²) in [7, 11) is -3.85. The Bertz CT molecular complexity index is 1100. The molecule has 0 aromatic heterocycles. The van der Waals surface area contributed by atoms with Crippen LogP contribution in [-0.4, -0.2) is 14.3 Å². The van der Waals surface area contributed by atoms with Crippen LogP contribution in [0.1, 0.15) is 15.9 Å². The van der Waals surface area contributed by atoms with E-state index in [9.17, 15) is 13.2 Å². The van der Waals surface area contributed by atoms with Crippen LogP contribution in [0.15, 0.2) is 83.8 Å². The third kappa shape index (κ3) is 4.39. The molecule has 0 unspecified atom stereocenters. The molecule has 0 saturated heterocycles. The van der Waals surface area contributed by atoms with E-state index in [1.54, 1.807) is 60.7 Å². The van der Waals surface area contributed by atoms with E-state index < -0.39 is 15.9 Å². The summed E-state index contributed by atoms with van der Waals surface area (Å²) in [5.74, 6) is -0.579. The zero-order chi connectivity index (χ0) is 19.3. The quantitative estimate of drug-likeness (QED) is 0.668. The Morgan fingerprint density at radius 1 is 0.852 bits per heavy atom. The van der Waals surface area contributed by atoms with E-state index in [1.165, 1.54) is 12.1 Å². The highest BCUT2D eigenvalue weighted by Gasteiger charge is 2.15. The number of hydrogen-bond acceptors (Lipinski definition) is 4. The van der Waals surface area contributed by atoms with Crippen LogP contribution in [-0.2, 0) is 10.0 Å². The van der Waals surface area contributed by atoms with Crippen molar-refractivity contribution in [3.63, 3.8) is 0 Å². The van der Waals surface area contributed by atoms with Gasteiger partial charge in [-0.2, -0.15) is 5.26 Å². The van der Waals surface area contributed by atoms with Crippen LogP contribution in [0.2, 0.25) is 0 Å². The maximum atomic E-state index is 12.3. The first-order valence-corrected chi connectivity index (χ1v) is 9.46. The SMILES string of the molecule is N#Cc1ccc(-c2cccc(C(=O)NNS(=O)(=O)c3ccccc3)c2)cc1. The Morgan fingerprint density at radius 2 is 1.56 bits per heavy atom. The molecule has 3 aromatic rings. The Labute approximate surface area is 157 Å². The maximum Gasteiger partial charge on any atom is 0.266 e. The molecule has 134 valence electrons. The summed E-state index contributed by atoms with van der Waals surface area (Å²) >= 11 is 0. The summed E-state index contributed by atoms with van der Waals surface area (Å²) in [6, 6.07) is 23.5. The largest absolute Gasteiger partial charge is 0.273 e. The van der Waals surface area contributed by atoms with E-state index >= 15 is 0 Å². The summed E-state index contributed by atoms with van der Waals surface area (Å²) in [6.07, 6.45) is 0. The van der Waals surface area contributed by atoms with Crippen molar-refractivity contribution < 1.29 is 13.2 Å². The molecule has 7 heteroatoms. The van der Waals surface area contributed by atoms with Crippen LogP contribution in [0, 0.1) is 11.3 Å². The Hall–Kier alpha value is -3.47. The van der Waals surface area contributed by atoms with Gasteiger partial charge in [0.15, 0.2) is 0 Å². The summed E-state index contributed by atoms with van der Waals surface area (Å²) in [4.78, 5) is 14.5. The van der Waals surface area contributed by atoms with Crippen molar-refractivity contribution in [1.29, 1.82) is 5.26 Å². The molecule has 0 heterocycles. The van der Waals surface area contributed by atoms with Gasteiger partial charge >= 0.3 is 0 Å². The second kappa shape index (κ2) is 7.83. The van der Waals surface area contributed by atoms with E-state index in [0.717, 1.165) is 11.1 Å². The van der Waals surface area contributed by atoms with Gasteiger partial charge in [-0.3, -0.25) is 10.2 Å². The van der Waals surface area contributed by atoms with Crippen molar-refractivity contribution in [3.05, 3.63) is 90.0 Å². The van der Waals surface area contributed by atoms with Gasteiger partial charge in [-0.25, -0.2) is 8.42 Å². The molecular formula is C20H15N3O3S. The fourth-order valence-corrected chi connectivity index (χ4v) is 3.28. The number of nitrogens with one attached hydrogen (secondary N) is 2. The zero-order valence-corrected chi connectivity index (χ0v) is 14.9. The van der Waals surface area contributed by atoms with Gasteiger partial charge in [0.1, 0.15) is 0 Å². The number of sulfonamides is 1. The predicted molar refractivity (Wildman–Crippen MR) is 101 cm³/mol. The van der Waals surface area contributed by atoms with Gasteiger partial charge in [0, 0.05) is 5.56 Å². The highest BCUT2D eigenvalue weighted by Crippen LogP contribution is 2.21. The molecule has 0 radical (unpaired) electrons. The molecule has 0 fully saturated rings. The molecule has 1 amide bonds. The number of benzene rings is 3. The number of carbonyl (C=O) groups excluding carboxylic acids is 1. The summed E-state index contributed by atoms with van der Waals surface area (Å²) in [6.45, 7) is 0. The van der Waals surface area contributed by atoms with Crippen LogP contribution < -0.4 is 10.3 Å². The Kier molecular flexibility index (Phi) is 5.31. The van der Waals surface area contributed by atoms with E-state index in [0.29, 0.717) is 11.1 Å². The molecule has 3 rings (SSSR count). The molecule has 0 aliphatic carbocycles. The summed E-state index contributed by atoms with van der Waals surface area (Å²) in [5.41, 5.74) is 4.68. The van der Waals surface area contributed by atoms with Gasteiger partial charge in [-0.05, 0) is 47.5 Å². The van der Waals surface area contributed by atoms with Gasteiger partial charge in [0.25, 0.3) is 15.9 Å². The number of amides is 1. The van der Waals surface area contributed by atoms with E-state index in [-0.39, 0.29) is 4.90 Å². The van der Waals surface area contributed by atoms with Gasteiger partial charge in [-0.1, -0.05) is 42.5 Å². The Morgan fingerprint density at radius 3 is 2.22 bits per heavy atom. The lowest BCUT2D eigenvalue weighted by molar-refractivity contribution is 0.0945. The monoisotopic (exact) mass is 377 g/mol. The van der Waals surface area contributed by atoms with Crippen LogP contribution in [0.25, 0.3) is 11.1 Å². The van der Waals surface area contributed by atoms with Gasteiger partial charge in [-0.15, -0.1) is 4.83 Å². The topological polar surface area (TPSA) is 99.1 Å². The van der Waals surface area contributed by atoms with Crippen molar-refractivity contribution >= 4 is 15.9 Å². The van der Waals surface area contributed by atoms with Crippen LogP contribution in [0.5, 0.6) is 0 Å². The molecule has 0 spiro atoms. The van der Waals surface area contributed by atoms with Crippen molar-refractivity contribution in [1.82, 2.24) is 10.3 Å². The standard InChI is InChI=1S/C20H15N3O3S/c21-14-15-9-11-16(12-10-15)17-5-4-6-18(13-17)20(24)22-23-27(25,26)19-7-2-1-3-8-19/h1-13,23H,(H,22,24). The lowest BCUT2D eigenvalue weighted by Crippen LogP contribution is -2.41. The van der Waals surface area contributed by atoms with Crippen molar-refractivity contribution in [3.8, 4) is 17.2 Å². The lowest BCUT2D eigenvalue weighted by atomic mass is 10.0. The normalized spacial score (nSPS) is 10.8. The van der Waals surface area contributed by atoms with E-state index in [1.807, 2.05) is 6.07 Å². The van der Waals surface area contributed by atoms with Crippen molar-refractivity contribution in [2.45, 2.75) is 4.90 Å². The van der Waals surface area contributed by atoms with Crippen molar-refractivity contribution in [2.24, 2.45) is 0 Å². The average molecular weight is 377 g/mol. The number of carbonyl (C=O) groups is 1. The minimum Gasteiger partial charge on any atom is -0.273 e. The van der Waals surface area contributed by atoms with Crippen molar-refractivity contribution in [2.75, 3.05) is 0 Å². The number of nitriles is 1. The summed E-state index contributed by atoms with van der Waals surface area (Å²) < 4.78 is 24.3. The average Bonchev–Trinajstić information content (AvgIpc) is 2.73. The molecular weight excluding hydrogens is 362 g/mol. The highest BCUT2D eigenvalue weighted by molar-refractivity contribution is 7.89. The van der Waals surface area contributed by atoms with E-state index in [4.69, 9.17) is 5.26 Å². The maximum absolute atomic E-state index is 12.3. The number of hydrogen-bond donors (Lipinski definition) is 2. The number of hydrazine groups is 1. The molecule has 0 saturated carbocycles. The molecule has 0 atom stereocenters. The molecule has 0 bridgehead atoms. The first kappa shape index (κ1) is 18.3. The molecule has 3 aromatic carbocycles. The first-order chi connectivity index (χ1) is 13.0. The lowest BCUT2D eigenvalue weighted by Gasteiger charge is -2.09. The fourth-order valence-electron chi connectivity index (χ4n) is 2.42. The smallest absolute Gasteiger partial charge is 0.266 e. The molecule has 6 nitrogen and oxygen atoms in total. The zero-order valence-electron chi connectivity index (χ0n) is 14.1. The second-order valence-electron chi connectivity index (χ2n) is 5.64. The third-order valence-electron chi connectivity index (χ3n) is 3.82. The number of nitrogens with zero attached hydrogens (tertiary/aromatic N) is 1. The van der Waals surface area contributed by atoms with Gasteiger partial charge in [0.05, 0.1) is 16.5 Å². The van der Waals surface area contributed by atoms with Crippen LogP contribution in [0.4, 0.5) is 0 Å². The van der Waals surface area contributed by atoms with Crippen LogP contribution >= 0.6 is 0 Å². The highest BCUT2D eigenvalue weighted by atomic mass is 32.2. The fraction of sp³-hybridized carbons (Fsp3) is 0. The molecule has 0 aliphatic rings. The minimum atomic E-state index is -3.85. The first-order valence-electron chi connectivity index (χ1n) is 7.97. The minimum absolute atomic E-state index is 0.0524. The molecule has 27 heavy (non-hydrogen) atoms. The number of rotatable bonds is 5. The van der Waals surface area contributed by atoms with E-state index in [2.05, 4.69) is 16.3 Å².